The van der Waals surface area contributed by atoms with E-state index in [2.05, 4.69) is 10.6 Å². The molecule has 0 bridgehead atoms. The van der Waals surface area contributed by atoms with Gasteiger partial charge in [0.15, 0.2) is 0 Å². The normalized spacial score (nSPS) is 13.8. The molecule has 2 aromatic carbocycles. The maximum absolute atomic E-state index is 14.1. The van der Waals surface area contributed by atoms with Crippen LogP contribution in [0.1, 0.15) is 72.6 Å². The largest absolute Gasteiger partial charge is 0.508 e. The zero-order valence-corrected chi connectivity index (χ0v) is 26.2. The highest BCUT2D eigenvalue weighted by molar-refractivity contribution is 5.94. The molecule has 43 heavy (non-hydrogen) atoms. The molecule has 2 aromatic rings. The summed E-state index contributed by atoms with van der Waals surface area (Å²) in [5.41, 5.74) is -0.671. The molecule has 0 aromatic heterocycles. The molecule has 236 valence electrons. The Morgan fingerprint density at radius 1 is 0.837 bits per heavy atom. The summed E-state index contributed by atoms with van der Waals surface area (Å²) in [7, 11) is 0. The number of esters is 1. The number of nitrogens with one attached hydrogen (secondary N) is 2. The Kier molecular flexibility index (Phi) is 12.1. The van der Waals surface area contributed by atoms with Crippen molar-refractivity contribution in [3.63, 3.8) is 0 Å². The summed E-state index contributed by atoms with van der Waals surface area (Å²) in [6.07, 6.45) is -0.807. The van der Waals surface area contributed by atoms with E-state index in [1.165, 1.54) is 23.1 Å². The Bertz CT molecular complexity index is 1250. The van der Waals surface area contributed by atoms with E-state index in [0.29, 0.717) is 0 Å². The molecule has 0 saturated heterocycles. The standard InChI is InChI=1S/C32H45N3O8/c1-20(2)35(28(39)25(19-36)34-30(41)43-32(6,7)8)26(22-15-12-16-23(37)18-22)27(38)33-24(29(40)42-31(3,4)5)17-21-13-10-9-11-14-21/h9-16,18,20,24-26,36-37H,17,19H2,1-8H3,(H,33,38)(H,34,41). The van der Waals surface area contributed by atoms with Crippen molar-refractivity contribution in [2.24, 2.45) is 0 Å². The number of amides is 3. The molecule has 0 radical (unpaired) electrons. The van der Waals surface area contributed by atoms with Crippen molar-refractivity contribution in [3.8, 4) is 5.75 Å². The lowest BCUT2D eigenvalue weighted by Gasteiger charge is -2.37. The smallest absolute Gasteiger partial charge is 0.408 e. The van der Waals surface area contributed by atoms with Crippen LogP contribution in [0.15, 0.2) is 54.6 Å². The SMILES string of the molecule is CC(C)N(C(=O)C(CO)NC(=O)OC(C)(C)C)C(C(=O)NC(Cc1ccccc1)C(=O)OC(C)(C)C)c1cccc(O)c1. The summed E-state index contributed by atoms with van der Waals surface area (Å²) in [6, 6.07) is 10.3. The van der Waals surface area contributed by atoms with Gasteiger partial charge in [0.25, 0.3) is 0 Å². The monoisotopic (exact) mass is 599 g/mol. The number of carbonyl (C=O) groups is 4. The first-order chi connectivity index (χ1) is 19.9. The zero-order chi connectivity index (χ0) is 32.5. The predicted octanol–water partition coefficient (Wildman–Crippen LogP) is 3.63. The van der Waals surface area contributed by atoms with Gasteiger partial charge in [0, 0.05) is 12.5 Å². The minimum atomic E-state index is -1.45. The van der Waals surface area contributed by atoms with Crippen molar-refractivity contribution in [1.29, 1.82) is 0 Å². The second-order valence-corrected chi connectivity index (χ2v) is 12.5. The van der Waals surface area contributed by atoms with Crippen LogP contribution in [0, 0.1) is 0 Å². The maximum atomic E-state index is 14.1. The summed E-state index contributed by atoms with van der Waals surface area (Å²) in [5.74, 6) is -2.32. The van der Waals surface area contributed by atoms with Crippen LogP contribution in [0.5, 0.6) is 5.75 Å². The number of rotatable bonds is 11. The number of phenols is 1. The van der Waals surface area contributed by atoms with Gasteiger partial charge in [-0.15, -0.1) is 0 Å². The molecule has 0 aliphatic heterocycles. The van der Waals surface area contributed by atoms with E-state index in [4.69, 9.17) is 9.47 Å². The highest BCUT2D eigenvalue weighted by Gasteiger charge is 2.39. The number of aliphatic hydroxyl groups excluding tert-OH is 1. The highest BCUT2D eigenvalue weighted by Crippen LogP contribution is 2.28. The summed E-state index contributed by atoms with van der Waals surface area (Å²) >= 11 is 0. The third-order valence-electron chi connectivity index (χ3n) is 5.99. The van der Waals surface area contributed by atoms with Crippen LogP contribution in [0.4, 0.5) is 4.79 Å². The molecule has 0 fully saturated rings. The fourth-order valence-electron chi connectivity index (χ4n) is 4.29. The van der Waals surface area contributed by atoms with Gasteiger partial charge in [0.2, 0.25) is 11.8 Å². The van der Waals surface area contributed by atoms with Crippen molar-refractivity contribution in [2.75, 3.05) is 6.61 Å². The Labute approximate surface area is 253 Å². The Hall–Kier alpha value is -4.12. The lowest BCUT2D eigenvalue weighted by molar-refractivity contribution is -0.159. The predicted molar refractivity (Wildman–Crippen MR) is 161 cm³/mol. The number of aromatic hydroxyl groups is 1. The number of hydrogen-bond donors (Lipinski definition) is 4. The quantitative estimate of drug-likeness (QED) is 0.286. The van der Waals surface area contributed by atoms with Crippen LogP contribution < -0.4 is 10.6 Å². The summed E-state index contributed by atoms with van der Waals surface area (Å²) in [6.45, 7) is 12.7. The number of phenolic OH excluding ortho intramolecular Hbond substituents is 1. The van der Waals surface area contributed by atoms with Crippen LogP contribution in [0.25, 0.3) is 0 Å². The molecule has 11 heteroatoms. The molecule has 3 amide bonds. The molecule has 0 heterocycles. The van der Waals surface area contributed by atoms with E-state index in [1.54, 1.807) is 61.5 Å². The third kappa shape index (κ3) is 11.2. The first-order valence-corrected chi connectivity index (χ1v) is 14.2. The molecule has 3 unspecified atom stereocenters. The van der Waals surface area contributed by atoms with Crippen molar-refractivity contribution in [2.45, 2.75) is 97.2 Å². The van der Waals surface area contributed by atoms with E-state index in [0.717, 1.165) is 5.56 Å². The Balaban J connectivity index is 2.53. The number of aliphatic hydroxyl groups is 1. The van der Waals surface area contributed by atoms with Crippen molar-refractivity contribution < 1.29 is 38.9 Å². The molecule has 0 aliphatic carbocycles. The van der Waals surface area contributed by atoms with Gasteiger partial charge < -0.3 is 35.2 Å². The van der Waals surface area contributed by atoms with Crippen LogP contribution in [0.2, 0.25) is 0 Å². The Morgan fingerprint density at radius 3 is 1.95 bits per heavy atom. The average Bonchev–Trinajstić information content (AvgIpc) is 2.87. The van der Waals surface area contributed by atoms with Crippen molar-refractivity contribution >= 4 is 23.9 Å². The first-order valence-electron chi connectivity index (χ1n) is 14.2. The minimum Gasteiger partial charge on any atom is -0.508 e. The molecule has 2 rings (SSSR count). The first kappa shape index (κ1) is 35.1. The molecule has 0 aliphatic rings. The Morgan fingerprint density at radius 2 is 1.44 bits per heavy atom. The lowest BCUT2D eigenvalue weighted by Crippen LogP contribution is -2.57. The van der Waals surface area contributed by atoms with Gasteiger partial charge in [-0.1, -0.05) is 42.5 Å². The van der Waals surface area contributed by atoms with Crippen LogP contribution in [-0.4, -0.2) is 74.9 Å². The second-order valence-electron chi connectivity index (χ2n) is 12.5. The number of ether oxygens (including phenoxy) is 2. The van der Waals surface area contributed by atoms with Crippen molar-refractivity contribution in [1.82, 2.24) is 15.5 Å². The summed E-state index contributed by atoms with van der Waals surface area (Å²) in [5, 5.41) is 25.5. The number of benzene rings is 2. The van der Waals surface area contributed by atoms with Gasteiger partial charge in [-0.3, -0.25) is 9.59 Å². The van der Waals surface area contributed by atoms with Crippen LogP contribution in [0.3, 0.4) is 0 Å². The lowest BCUT2D eigenvalue weighted by atomic mass is 9.99. The van der Waals surface area contributed by atoms with E-state index in [1.807, 2.05) is 30.3 Å². The van der Waals surface area contributed by atoms with Gasteiger partial charge in [0.1, 0.15) is 35.1 Å². The van der Waals surface area contributed by atoms with E-state index < -0.39 is 65.9 Å². The zero-order valence-electron chi connectivity index (χ0n) is 26.2. The van der Waals surface area contributed by atoms with Gasteiger partial charge in [0.05, 0.1) is 6.61 Å². The van der Waals surface area contributed by atoms with Gasteiger partial charge in [-0.2, -0.15) is 0 Å². The fourth-order valence-corrected chi connectivity index (χ4v) is 4.29. The fraction of sp³-hybridized carbons (Fsp3) is 0.500. The van der Waals surface area contributed by atoms with Gasteiger partial charge in [-0.25, -0.2) is 9.59 Å². The van der Waals surface area contributed by atoms with E-state index >= 15 is 0 Å². The number of carbonyl (C=O) groups excluding carboxylic acids is 4. The molecule has 11 nitrogen and oxygen atoms in total. The van der Waals surface area contributed by atoms with Crippen molar-refractivity contribution in [3.05, 3.63) is 65.7 Å². The molecule has 0 spiro atoms. The maximum Gasteiger partial charge on any atom is 0.408 e. The van der Waals surface area contributed by atoms with Crippen LogP contribution in [-0.2, 0) is 30.3 Å². The van der Waals surface area contributed by atoms with E-state index in [9.17, 15) is 29.4 Å². The molecular weight excluding hydrogens is 554 g/mol. The molecule has 3 atom stereocenters. The number of hydrogen-bond acceptors (Lipinski definition) is 8. The number of nitrogens with zero attached hydrogens (tertiary/aromatic N) is 1. The highest BCUT2D eigenvalue weighted by atomic mass is 16.6. The molecular formula is C32H45N3O8. The molecule has 4 N–H and O–H groups in total. The van der Waals surface area contributed by atoms with Gasteiger partial charge in [-0.05, 0) is 78.6 Å². The summed E-state index contributed by atoms with van der Waals surface area (Å²) in [4.78, 5) is 55.0. The second kappa shape index (κ2) is 14.9. The van der Waals surface area contributed by atoms with Crippen LogP contribution >= 0.6 is 0 Å². The average molecular weight is 600 g/mol. The molecule has 0 saturated carbocycles. The third-order valence-corrected chi connectivity index (χ3v) is 5.99. The van der Waals surface area contributed by atoms with Gasteiger partial charge >= 0.3 is 12.1 Å². The number of alkyl carbamates (subject to hydrolysis) is 1. The van der Waals surface area contributed by atoms with E-state index in [-0.39, 0.29) is 17.7 Å². The topological polar surface area (TPSA) is 154 Å². The summed E-state index contributed by atoms with van der Waals surface area (Å²) < 4.78 is 10.9. The minimum absolute atomic E-state index is 0.114.